The van der Waals surface area contributed by atoms with Gasteiger partial charge in [-0.3, -0.25) is 4.79 Å². The molecule has 0 aliphatic heterocycles. The molecule has 0 saturated carbocycles. The monoisotopic (exact) mass is 298 g/mol. The van der Waals surface area contributed by atoms with E-state index in [1.165, 1.54) is 18.2 Å². The largest absolute Gasteiger partial charge is 0.291 e. The quantitative estimate of drug-likeness (QED) is 0.466. The van der Waals surface area contributed by atoms with Crippen molar-refractivity contribution in [2.75, 3.05) is 0 Å². The molecule has 0 spiro atoms. The maximum Gasteiger partial charge on any atom is 0.193 e. The van der Waals surface area contributed by atoms with Crippen LogP contribution in [0.25, 0.3) is 0 Å². The maximum atomic E-state index is 12.9. The average Bonchev–Trinajstić information content (AvgIpc) is 2.04. The summed E-state index contributed by atoms with van der Waals surface area (Å²) in [5, 5.41) is 0. The van der Waals surface area contributed by atoms with Crippen molar-refractivity contribution in [1.82, 2.24) is 0 Å². The van der Waals surface area contributed by atoms with Crippen molar-refractivity contribution in [1.29, 1.82) is 0 Å². The number of halogens is 3. The Morgan fingerprint density at radius 3 is 2.58 bits per heavy atom. The molecule has 0 amide bonds. The summed E-state index contributed by atoms with van der Waals surface area (Å²) in [5.41, 5.74) is 0.0481. The number of Topliss-reactive ketones (excluding diaryl/α,β-unsaturated/α-hetero) is 1. The predicted molar refractivity (Wildman–Crippen MR) is 54.4 cm³/mol. The number of ketones is 1. The normalized spacial score (nSPS) is 12.6. The fraction of sp³-hybridized carbons (Fsp3) is 0.125. The second-order valence-electron chi connectivity index (χ2n) is 2.14. The van der Waals surface area contributed by atoms with E-state index in [9.17, 15) is 9.18 Å². The number of alkyl halides is 2. The van der Waals surface area contributed by atoms with Gasteiger partial charge in [0.25, 0.3) is 0 Å². The molecule has 1 unspecified atom stereocenters. The molecule has 64 valence electrons. The minimum Gasteiger partial charge on any atom is -0.291 e. The molecule has 0 radical (unpaired) electrons. The van der Waals surface area contributed by atoms with Crippen LogP contribution in [0.2, 0.25) is 0 Å². The third-order valence-corrected chi connectivity index (χ3v) is 2.10. The molecule has 0 heterocycles. The van der Waals surface area contributed by atoms with E-state index >= 15 is 0 Å². The number of benzene rings is 1. The lowest BCUT2D eigenvalue weighted by Gasteiger charge is -2.01. The van der Waals surface area contributed by atoms with Gasteiger partial charge in [0.15, 0.2) is 5.78 Å². The lowest BCUT2D eigenvalue weighted by molar-refractivity contribution is 0.101. The van der Waals surface area contributed by atoms with Crippen LogP contribution in [-0.2, 0) is 0 Å². The van der Waals surface area contributed by atoms with Crippen LogP contribution in [0.3, 0.4) is 0 Å². The molecule has 12 heavy (non-hydrogen) atoms. The fourth-order valence-corrected chi connectivity index (χ4v) is 1.23. The molecule has 0 aliphatic carbocycles. The van der Waals surface area contributed by atoms with Crippen molar-refractivity contribution in [2.45, 2.75) is 3.38 Å². The van der Waals surface area contributed by atoms with Gasteiger partial charge in [0.1, 0.15) is 9.20 Å². The molecule has 1 nitrogen and oxygen atoms in total. The van der Waals surface area contributed by atoms with Crippen LogP contribution in [0, 0.1) is 5.82 Å². The number of carbonyl (C=O) groups is 1. The standard InChI is InChI=1S/C8H5ClFIO/c9-8(11)7(12)5-3-1-2-4-6(5)10/h1-4,8H. The molecule has 1 aromatic carbocycles. The van der Waals surface area contributed by atoms with Crippen LogP contribution in [0.4, 0.5) is 4.39 Å². The summed E-state index contributed by atoms with van der Waals surface area (Å²) in [6.45, 7) is 0. The zero-order chi connectivity index (χ0) is 9.14. The summed E-state index contributed by atoms with van der Waals surface area (Å²) < 4.78 is 12.2. The van der Waals surface area contributed by atoms with Crippen molar-refractivity contribution in [3.05, 3.63) is 35.6 Å². The Labute approximate surface area is 88.1 Å². The lowest BCUT2D eigenvalue weighted by Crippen LogP contribution is -2.09. The van der Waals surface area contributed by atoms with Gasteiger partial charge < -0.3 is 0 Å². The maximum absolute atomic E-state index is 12.9. The number of carbonyl (C=O) groups excluding carboxylic acids is 1. The van der Waals surface area contributed by atoms with Gasteiger partial charge in [-0.25, -0.2) is 4.39 Å². The van der Waals surface area contributed by atoms with Gasteiger partial charge in [-0.05, 0) is 12.1 Å². The van der Waals surface area contributed by atoms with Crippen molar-refractivity contribution in [2.24, 2.45) is 0 Å². The average molecular weight is 298 g/mol. The van der Waals surface area contributed by atoms with Gasteiger partial charge in [0.2, 0.25) is 0 Å². The van der Waals surface area contributed by atoms with Crippen LogP contribution < -0.4 is 0 Å². The van der Waals surface area contributed by atoms with E-state index in [4.69, 9.17) is 11.6 Å². The van der Waals surface area contributed by atoms with Gasteiger partial charge >= 0.3 is 0 Å². The predicted octanol–water partition coefficient (Wildman–Crippen LogP) is 3.01. The first-order chi connectivity index (χ1) is 5.63. The SMILES string of the molecule is O=C(c1ccccc1F)C(Cl)I. The Morgan fingerprint density at radius 1 is 1.50 bits per heavy atom. The van der Waals surface area contributed by atoms with Gasteiger partial charge in [-0.2, -0.15) is 0 Å². The van der Waals surface area contributed by atoms with Gasteiger partial charge in [-0.15, -0.1) is 11.6 Å². The summed E-state index contributed by atoms with van der Waals surface area (Å²) in [4.78, 5) is 11.2. The summed E-state index contributed by atoms with van der Waals surface area (Å²) in [6, 6.07) is 5.80. The van der Waals surface area contributed by atoms with Crippen molar-refractivity contribution in [3.8, 4) is 0 Å². The van der Waals surface area contributed by atoms with Crippen LogP contribution in [-0.4, -0.2) is 9.17 Å². The Kier molecular flexibility index (Phi) is 3.46. The summed E-state index contributed by atoms with van der Waals surface area (Å²) >= 11 is 7.24. The van der Waals surface area contributed by atoms with E-state index in [1.807, 2.05) is 0 Å². The topological polar surface area (TPSA) is 17.1 Å². The summed E-state index contributed by atoms with van der Waals surface area (Å²) in [6.07, 6.45) is 0. The van der Waals surface area contributed by atoms with Gasteiger partial charge in [0.05, 0.1) is 5.56 Å². The molecule has 0 saturated heterocycles. The zero-order valence-corrected chi connectivity index (χ0v) is 8.84. The second kappa shape index (κ2) is 4.18. The van der Waals surface area contributed by atoms with E-state index in [2.05, 4.69) is 0 Å². The Morgan fingerprint density at radius 2 is 2.08 bits per heavy atom. The molecule has 0 aromatic heterocycles. The molecule has 0 fully saturated rings. The van der Waals surface area contributed by atoms with Crippen LogP contribution in [0.15, 0.2) is 24.3 Å². The van der Waals surface area contributed by atoms with E-state index in [0.29, 0.717) is 0 Å². The van der Waals surface area contributed by atoms with Crippen LogP contribution >= 0.6 is 34.2 Å². The highest BCUT2D eigenvalue weighted by Gasteiger charge is 2.16. The van der Waals surface area contributed by atoms with Crippen molar-refractivity contribution >= 4 is 40.0 Å². The molecule has 4 heteroatoms. The molecule has 1 atom stereocenters. The van der Waals surface area contributed by atoms with Crippen molar-refractivity contribution < 1.29 is 9.18 Å². The first kappa shape index (κ1) is 9.92. The van der Waals surface area contributed by atoms with Crippen LogP contribution in [0.5, 0.6) is 0 Å². The molecule has 1 rings (SSSR count). The molecule has 0 N–H and O–H groups in total. The van der Waals surface area contributed by atoms with E-state index < -0.39 is 15.0 Å². The Hall–Kier alpha value is -0.160. The number of hydrogen-bond acceptors (Lipinski definition) is 1. The number of rotatable bonds is 2. The van der Waals surface area contributed by atoms with Crippen molar-refractivity contribution in [3.63, 3.8) is 0 Å². The Balaban J connectivity index is 3.03. The number of hydrogen-bond donors (Lipinski definition) is 0. The smallest absolute Gasteiger partial charge is 0.193 e. The van der Waals surface area contributed by atoms with E-state index in [1.54, 1.807) is 28.7 Å². The first-order valence-corrected chi connectivity index (χ1v) is 4.88. The lowest BCUT2D eigenvalue weighted by atomic mass is 10.1. The van der Waals surface area contributed by atoms with E-state index in [0.717, 1.165) is 0 Å². The molecular weight excluding hydrogens is 293 g/mol. The van der Waals surface area contributed by atoms with Gasteiger partial charge in [-0.1, -0.05) is 34.7 Å². The first-order valence-electron chi connectivity index (χ1n) is 3.20. The zero-order valence-electron chi connectivity index (χ0n) is 5.93. The van der Waals surface area contributed by atoms with Crippen LogP contribution in [0.1, 0.15) is 10.4 Å². The minimum absolute atomic E-state index is 0.0481. The molecule has 1 aromatic rings. The minimum atomic E-state index is -0.709. The van der Waals surface area contributed by atoms with E-state index in [-0.39, 0.29) is 5.56 Å². The third-order valence-electron chi connectivity index (χ3n) is 1.34. The second-order valence-corrected chi connectivity index (χ2v) is 4.56. The molecule has 0 aliphatic rings. The highest BCUT2D eigenvalue weighted by atomic mass is 127. The third kappa shape index (κ3) is 2.17. The fourth-order valence-electron chi connectivity index (χ4n) is 0.779. The molecule has 0 bridgehead atoms. The Bertz CT molecular complexity index is 301. The highest BCUT2D eigenvalue weighted by Crippen LogP contribution is 2.16. The molecular formula is C8H5ClFIO. The summed E-state index contributed by atoms with van der Waals surface area (Å²) in [5.74, 6) is -0.916. The summed E-state index contributed by atoms with van der Waals surface area (Å²) in [7, 11) is 0. The highest BCUT2D eigenvalue weighted by molar-refractivity contribution is 14.1. The van der Waals surface area contributed by atoms with Gasteiger partial charge in [0, 0.05) is 0 Å².